The van der Waals surface area contributed by atoms with Crippen LogP contribution in [-0.2, 0) is 4.74 Å². The van der Waals surface area contributed by atoms with Crippen molar-refractivity contribution < 1.29 is 23.6 Å². The quantitative estimate of drug-likeness (QED) is 0.266. The number of non-ortho nitro benzene ring substituents is 1. The van der Waals surface area contributed by atoms with E-state index in [-0.39, 0.29) is 23.2 Å². The summed E-state index contributed by atoms with van der Waals surface area (Å²) >= 11 is 0. The first-order chi connectivity index (χ1) is 13.7. The van der Waals surface area contributed by atoms with Crippen molar-refractivity contribution in [3.63, 3.8) is 0 Å². The number of benzene rings is 1. The van der Waals surface area contributed by atoms with E-state index in [1.165, 1.54) is 24.3 Å². The molecule has 0 unspecified atom stereocenters. The van der Waals surface area contributed by atoms with E-state index in [0.29, 0.717) is 5.56 Å². The highest BCUT2D eigenvalue weighted by molar-refractivity contribution is 5.64. The van der Waals surface area contributed by atoms with E-state index in [0.717, 1.165) is 0 Å². The first-order valence-electron chi connectivity index (χ1n) is 8.61. The highest BCUT2D eigenvalue weighted by Gasteiger charge is 2.35. The second-order valence-corrected chi connectivity index (χ2v) is 7.15. The Kier molecular flexibility index (Phi) is 5.53. The summed E-state index contributed by atoms with van der Waals surface area (Å²) in [5.41, 5.74) is -0.0628. The van der Waals surface area contributed by atoms with Gasteiger partial charge in [0, 0.05) is 29.9 Å². The van der Waals surface area contributed by atoms with Crippen LogP contribution in [0.25, 0.3) is 11.5 Å². The summed E-state index contributed by atoms with van der Waals surface area (Å²) in [6, 6.07) is 8.56. The van der Waals surface area contributed by atoms with Crippen LogP contribution < -0.4 is 4.74 Å². The van der Waals surface area contributed by atoms with Crippen molar-refractivity contribution in [3.8, 4) is 17.2 Å². The number of ether oxygens (including phenoxy) is 2. The van der Waals surface area contributed by atoms with Gasteiger partial charge >= 0.3 is 6.16 Å². The monoisotopic (exact) mass is 398 g/mol. The Hall–Kier alpha value is -3.82. The number of hydrogen-bond acceptors (Lipinski definition) is 9. The van der Waals surface area contributed by atoms with Crippen molar-refractivity contribution in [2.45, 2.75) is 26.9 Å². The lowest BCUT2D eigenvalue weighted by atomic mass is 9.89. The standard InChI is InChI=1S/C19H18N4O6/c1-19(2,3)15(17-22-21-16(29-17)12-5-4-10-20-11-12)28-18(24)27-14-8-6-13(7-9-14)23(25)26/h4-11,15H,1-3H3/t15-/m1/s1. The summed E-state index contributed by atoms with van der Waals surface area (Å²) in [4.78, 5) is 26.4. The van der Waals surface area contributed by atoms with Crippen LogP contribution in [0, 0.1) is 15.5 Å². The molecule has 3 rings (SSSR count). The van der Waals surface area contributed by atoms with Gasteiger partial charge in [0.25, 0.3) is 11.6 Å². The van der Waals surface area contributed by atoms with Gasteiger partial charge < -0.3 is 13.9 Å². The molecule has 3 aromatic rings. The summed E-state index contributed by atoms with van der Waals surface area (Å²) < 4.78 is 16.2. The predicted octanol–water partition coefficient (Wildman–Crippen LogP) is 4.34. The van der Waals surface area contributed by atoms with E-state index in [1.54, 1.807) is 24.5 Å². The average Bonchev–Trinajstić information content (AvgIpc) is 3.16. The Bertz CT molecular complexity index is 996. The number of hydrogen-bond donors (Lipinski definition) is 0. The van der Waals surface area contributed by atoms with Crippen LogP contribution in [-0.4, -0.2) is 26.3 Å². The Balaban J connectivity index is 1.75. The fraction of sp³-hybridized carbons (Fsp3) is 0.263. The second-order valence-electron chi connectivity index (χ2n) is 7.15. The van der Waals surface area contributed by atoms with E-state index in [2.05, 4.69) is 15.2 Å². The van der Waals surface area contributed by atoms with Crippen LogP contribution >= 0.6 is 0 Å². The largest absolute Gasteiger partial charge is 0.514 e. The van der Waals surface area contributed by atoms with Crippen LogP contribution in [0.1, 0.15) is 32.8 Å². The lowest BCUT2D eigenvalue weighted by molar-refractivity contribution is -0.384. The van der Waals surface area contributed by atoms with Gasteiger partial charge in [-0.1, -0.05) is 20.8 Å². The zero-order valence-corrected chi connectivity index (χ0v) is 15.9. The molecule has 2 heterocycles. The summed E-state index contributed by atoms with van der Waals surface area (Å²) in [5.74, 6) is 0.460. The molecule has 10 heteroatoms. The van der Waals surface area contributed by atoms with Crippen molar-refractivity contribution >= 4 is 11.8 Å². The van der Waals surface area contributed by atoms with Gasteiger partial charge in [-0.25, -0.2) is 4.79 Å². The molecule has 0 saturated heterocycles. The zero-order valence-electron chi connectivity index (χ0n) is 15.9. The average molecular weight is 398 g/mol. The van der Waals surface area contributed by atoms with Gasteiger partial charge in [-0.3, -0.25) is 15.1 Å². The molecule has 0 radical (unpaired) electrons. The Morgan fingerprint density at radius 1 is 1.17 bits per heavy atom. The Morgan fingerprint density at radius 2 is 1.90 bits per heavy atom. The van der Waals surface area contributed by atoms with Gasteiger partial charge in [0.1, 0.15) is 5.75 Å². The molecule has 0 N–H and O–H groups in total. The molecule has 10 nitrogen and oxygen atoms in total. The minimum absolute atomic E-state index is 0.106. The molecule has 0 bridgehead atoms. The normalized spacial score (nSPS) is 12.2. The molecule has 29 heavy (non-hydrogen) atoms. The molecule has 0 aliphatic carbocycles. The fourth-order valence-electron chi connectivity index (χ4n) is 2.40. The molecule has 1 aromatic carbocycles. The van der Waals surface area contributed by atoms with E-state index >= 15 is 0 Å². The molecule has 0 aliphatic heterocycles. The molecular weight excluding hydrogens is 380 g/mol. The molecular formula is C19H18N4O6. The molecule has 0 aliphatic rings. The summed E-state index contributed by atoms with van der Waals surface area (Å²) in [7, 11) is 0. The number of aromatic nitrogens is 3. The number of nitro groups is 1. The minimum Gasteiger partial charge on any atom is -0.420 e. The number of rotatable bonds is 5. The van der Waals surface area contributed by atoms with E-state index in [9.17, 15) is 14.9 Å². The lowest BCUT2D eigenvalue weighted by Crippen LogP contribution is -2.26. The first-order valence-corrected chi connectivity index (χ1v) is 8.61. The van der Waals surface area contributed by atoms with Gasteiger partial charge in [0.05, 0.1) is 10.5 Å². The fourth-order valence-corrected chi connectivity index (χ4v) is 2.40. The van der Waals surface area contributed by atoms with E-state index in [1.807, 2.05) is 20.8 Å². The summed E-state index contributed by atoms with van der Waals surface area (Å²) in [6.07, 6.45) is 1.31. The van der Waals surface area contributed by atoms with Crippen LogP contribution in [0.5, 0.6) is 5.75 Å². The number of nitrogens with zero attached hydrogens (tertiary/aromatic N) is 4. The number of carbonyl (C=O) groups excluding carboxylic acids is 1. The molecule has 0 amide bonds. The minimum atomic E-state index is -1.00. The Labute approximate surface area is 165 Å². The van der Waals surface area contributed by atoms with Crippen molar-refractivity contribution in [3.05, 3.63) is 64.8 Å². The highest BCUT2D eigenvalue weighted by Crippen LogP contribution is 2.36. The van der Waals surface area contributed by atoms with Gasteiger partial charge in [0.2, 0.25) is 5.89 Å². The first kappa shape index (κ1) is 19.9. The maximum absolute atomic E-state index is 12.3. The predicted molar refractivity (Wildman–Crippen MR) is 99.9 cm³/mol. The third kappa shape index (κ3) is 4.92. The van der Waals surface area contributed by atoms with Crippen molar-refractivity contribution in [2.24, 2.45) is 5.41 Å². The SMILES string of the molecule is CC(C)(C)[C@H](OC(=O)Oc1ccc([N+](=O)[O-])cc1)c1nnc(-c2cccnc2)o1. The number of pyridine rings is 1. The third-order valence-corrected chi connectivity index (χ3v) is 3.82. The van der Waals surface area contributed by atoms with Crippen molar-refractivity contribution in [2.75, 3.05) is 0 Å². The number of carbonyl (C=O) groups is 1. The molecule has 0 spiro atoms. The molecule has 0 fully saturated rings. The smallest absolute Gasteiger partial charge is 0.420 e. The Morgan fingerprint density at radius 3 is 2.48 bits per heavy atom. The summed E-state index contributed by atoms with van der Waals surface area (Å²) in [6.45, 7) is 5.51. The molecule has 0 saturated carbocycles. The van der Waals surface area contributed by atoms with Gasteiger partial charge in [0.15, 0.2) is 6.10 Å². The highest BCUT2D eigenvalue weighted by atomic mass is 16.7. The van der Waals surface area contributed by atoms with Crippen molar-refractivity contribution in [1.82, 2.24) is 15.2 Å². The van der Waals surface area contributed by atoms with E-state index in [4.69, 9.17) is 13.9 Å². The van der Waals surface area contributed by atoms with Crippen LogP contribution in [0.3, 0.4) is 0 Å². The molecule has 150 valence electrons. The van der Waals surface area contributed by atoms with Crippen LogP contribution in [0.2, 0.25) is 0 Å². The maximum atomic E-state index is 12.3. The maximum Gasteiger partial charge on any atom is 0.514 e. The van der Waals surface area contributed by atoms with Gasteiger partial charge in [-0.05, 0) is 24.3 Å². The zero-order chi connectivity index (χ0) is 21.0. The topological polar surface area (TPSA) is 130 Å². The molecule has 2 aromatic heterocycles. The van der Waals surface area contributed by atoms with Crippen LogP contribution in [0.4, 0.5) is 10.5 Å². The lowest BCUT2D eigenvalue weighted by Gasteiger charge is -2.26. The molecule has 1 atom stereocenters. The van der Waals surface area contributed by atoms with Gasteiger partial charge in [-0.15, -0.1) is 10.2 Å². The summed E-state index contributed by atoms with van der Waals surface area (Å²) in [5, 5.41) is 18.7. The van der Waals surface area contributed by atoms with Gasteiger partial charge in [-0.2, -0.15) is 0 Å². The van der Waals surface area contributed by atoms with E-state index < -0.39 is 22.6 Å². The van der Waals surface area contributed by atoms with Crippen LogP contribution in [0.15, 0.2) is 53.2 Å². The third-order valence-electron chi connectivity index (χ3n) is 3.82. The second kappa shape index (κ2) is 8.05. The number of nitro benzene ring substituents is 1. The van der Waals surface area contributed by atoms with Crippen molar-refractivity contribution in [1.29, 1.82) is 0 Å².